The molecule has 0 spiro atoms. The summed E-state index contributed by atoms with van der Waals surface area (Å²) in [5.41, 5.74) is 1.34. The molecule has 0 saturated heterocycles. The molecule has 1 amide bonds. The van der Waals surface area contributed by atoms with Crippen molar-refractivity contribution in [1.82, 2.24) is 5.01 Å². The van der Waals surface area contributed by atoms with Gasteiger partial charge in [-0.05, 0) is 24.3 Å². The summed E-state index contributed by atoms with van der Waals surface area (Å²) < 4.78 is 5.43. The third-order valence-electron chi connectivity index (χ3n) is 3.55. The van der Waals surface area contributed by atoms with Crippen molar-refractivity contribution in [2.24, 2.45) is 5.10 Å². The van der Waals surface area contributed by atoms with E-state index in [0.717, 1.165) is 0 Å². The first kappa shape index (κ1) is 13.4. The van der Waals surface area contributed by atoms with Crippen molar-refractivity contribution < 1.29 is 14.3 Å². The normalized spacial score (nSPS) is 17.9. The van der Waals surface area contributed by atoms with Gasteiger partial charge < -0.3 is 9.52 Å². The summed E-state index contributed by atoms with van der Waals surface area (Å²) in [4.78, 5) is 12.1. The standard InChI is InChI=1S/C16H16N2O3/c1-2-16(20)18-13(15-8-5-9-21-15)10-12(17-18)11-6-3-4-7-14(11)19/h3-9,13,19H,2,10H2,1H3/t13-/m1/s1. The van der Waals surface area contributed by atoms with Crippen molar-refractivity contribution >= 4 is 11.6 Å². The largest absolute Gasteiger partial charge is 0.507 e. The number of nitrogens with zero attached hydrogens (tertiary/aromatic N) is 2. The minimum absolute atomic E-state index is 0.0678. The number of rotatable bonds is 3. The van der Waals surface area contributed by atoms with Crippen LogP contribution < -0.4 is 0 Å². The minimum atomic E-state index is -0.248. The zero-order chi connectivity index (χ0) is 14.8. The van der Waals surface area contributed by atoms with Gasteiger partial charge in [-0.2, -0.15) is 5.10 Å². The molecular formula is C16H16N2O3. The smallest absolute Gasteiger partial charge is 0.243 e. The van der Waals surface area contributed by atoms with Crippen molar-refractivity contribution in [1.29, 1.82) is 0 Å². The molecule has 1 aliphatic heterocycles. The number of hydrogen-bond acceptors (Lipinski definition) is 4. The van der Waals surface area contributed by atoms with E-state index in [4.69, 9.17) is 4.42 Å². The number of para-hydroxylation sites is 1. The number of phenols is 1. The zero-order valence-corrected chi connectivity index (χ0v) is 11.7. The maximum Gasteiger partial charge on any atom is 0.243 e. The molecule has 1 aliphatic rings. The Balaban J connectivity index is 1.97. The molecule has 108 valence electrons. The van der Waals surface area contributed by atoms with Gasteiger partial charge in [-0.15, -0.1) is 0 Å². The monoisotopic (exact) mass is 284 g/mol. The predicted octanol–water partition coefficient (Wildman–Crippen LogP) is 3.07. The fourth-order valence-corrected chi connectivity index (χ4v) is 2.49. The van der Waals surface area contributed by atoms with Gasteiger partial charge >= 0.3 is 0 Å². The molecule has 1 aromatic carbocycles. The van der Waals surface area contributed by atoms with Crippen LogP contribution in [0.5, 0.6) is 5.75 Å². The summed E-state index contributed by atoms with van der Waals surface area (Å²) in [6, 6.07) is 10.4. The third kappa shape index (κ3) is 2.42. The highest BCUT2D eigenvalue weighted by Gasteiger charge is 2.34. The van der Waals surface area contributed by atoms with Gasteiger partial charge in [0.15, 0.2) is 0 Å². The second-order valence-corrected chi connectivity index (χ2v) is 4.89. The second kappa shape index (κ2) is 5.44. The molecule has 1 atom stereocenters. The molecule has 2 aromatic rings. The summed E-state index contributed by atoms with van der Waals surface area (Å²) in [6.07, 6.45) is 2.48. The molecule has 0 saturated carbocycles. The number of phenolic OH excluding ortho intramolecular Hbond substituents is 1. The van der Waals surface area contributed by atoms with Crippen LogP contribution in [0, 0.1) is 0 Å². The number of aromatic hydroxyl groups is 1. The van der Waals surface area contributed by atoms with Crippen molar-refractivity contribution in [3.05, 3.63) is 54.0 Å². The molecule has 0 fully saturated rings. The number of benzene rings is 1. The predicted molar refractivity (Wildman–Crippen MR) is 77.8 cm³/mol. The van der Waals surface area contributed by atoms with Gasteiger partial charge in [0.1, 0.15) is 17.6 Å². The number of amides is 1. The summed E-state index contributed by atoms with van der Waals surface area (Å²) in [6.45, 7) is 1.80. The third-order valence-corrected chi connectivity index (χ3v) is 3.55. The van der Waals surface area contributed by atoms with E-state index in [1.165, 1.54) is 5.01 Å². The van der Waals surface area contributed by atoms with Crippen LogP contribution >= 0.6 is 0 Å². The average molecular weight is 284 g/mol. The van der Waals surface area contributed by atoms with Crippen LogP contribution in [0.3, 0.4) is 0 Å². The van der Waals surface area contributed by atoms with E-state index >= 15 is 0 Å². The molecule has 2 heterocycles. The Hall–Kier alpha value is -2.56. The zero-order valence-electron chi connectivity index (χ0n) is 11.7. The van der Waals surface area contributed by atoms with E-state index in [9.17, 15) is 9.90 Å². The number of furan rings is 1. The SMILES string of the molecule is CCC(=O)N1N=C(c2ccccc2O)C[C@@H]1c1ccco1. The first-order valence-corrected chi connectivity index (χ1v) is 6.92. The Labute approximate surface area is 122 Å². The molecule has 1 N–H and O–H groups in total. The van der Waals surface area contributed by atoms with Gasteiger partial charge in [0.25, 0.3) is 0 Å². The van der Waals surface area contributed by atoms with Crippen LogP contribution in [0.2, 0.25) is 0 Å². The van der Waals surface area contributed by atoms with E-state index < -0.39 is 0 Å². The highest BCUT2D eigenvalue weighted by molar-refractivity contribution is 6.05. The van der Waals surface area contributed by atoms with Crippen LogP contribution in [0.25, 0.3) is 0 Å². The van der Waals surface area contributed by atoms with Gasteiger partial charge in [0.05, 0.1) is 12.0 Å². The topological polar surface area (TPSA) is 66.0 Å². The highest BCUT2D eigenvalue weighted by atomic mass is 16.3. The summed E-state index contributed by atoms with van der Waals surface area (Å²) in [5.74, 6) is 0.799. The summed E-state index contributed by atoms with van der Waals surface area (Å²) in [5, 5.41) is 15.8. The fraction of sp³-hybridized carbons (Fsp3) is 0.250. The number of hydrogen-bond donors (Lipinski definition) is 1. The van der Waals surface area contributed by atoms with Crippen molar-refractivity contribution in [2.75, 3.05) is 0 Å². The Morgan fingerprint density at radius 3 is 2.86 bits per heavy atom. The molecule has 0 radical (unpaired) electrons. The van der Waals surface area contributed by atoms with Crippen LogP contribution in [0.15, 0.2) is 52.2 Å². The molecular weight excluding hydrogens is 268 g/mol. The number of hydrazone groups is 1. The van der Waals surface area contributed by atoms with Gasteiger partial charge in [-0.1, -0.05) is 19.1 Å². The summed E-state index contributed by atoms with van der Waals surface area (Å²) in [7, 11) is 0. The Morgan fingerprint density at radius 2 is 2.19 bits per heavy atom. The highest BCUT2D eigenvalue weighted by Crippen LogP contribution is 2.35. The maximum absolute atomic E-state index is 12.1. The van der Waals surface area contributed by atoms with E-state index in [1.54, 1.807) is 37.5 Å². The maximum atomic E-state index is 12.1. The van der Waals surface area contributed by atoms with Crippen molar-refractivity contribution in [3.63, 3.8) is 0 Å². The van der Waals surface area contributed by atoms with Gasteiger partial charge in [-0.3, -0.25) is 4.79 Å². The molecule has 5 heteroatoms. The van der Waals surface area contributed by atoms with Gasteiger partial charge in [-0.25, -0.2) is 5.01 Å². The lowest BCUT2D eigenvalue weighted by Crippen LogP contribution is -2.25. The van der Waals surface area contributed by atoms with E-state index in [-0.39, 0.29) is 17.7 Å². The molecule has 0 unspecified atom stereocenters. The van der Waals surface area contributed by atoms with Crippen molar-refractivity contribution in [2.45, 2.75) is 25.8 Å². The fourth-order valence-electron chi connectivity index (χ4n) is 2.49. The van der Waals surface area contributed by atoms with Crippen LogP contribution in [0.4, 0.5) is 0 Å². The van der Waals surface area contributed by atoms with E-state index in [1.807, 2.05) is 12.1 Å². The summed E-state index contributed by atoms with van der Waals surface area (Å²) >= 11 is 0. The number of carbonyl (C=O) groups excluding carboxylic acids is 1. The van der Waals surface area contributed by atoms with Gasteiger partial charge in [0.2, 0.25) is 5.91 Å². The Kier molecular flexibility index (Phi) is 3.48. The quantitative estimate of drug-likeness (QED) is 0.942. The Bertz CT molecular complexity index is 677. The lowest BCUT2D eigenvalue weighted by molar-refractivity contribution is -0.133. The molecule has 0 aliphatic carbocycles. The first-order valence-electron chi connectivity index (χ1n) is 6.92. The second-order valence-electron chi connectivity index (χ2n) is 4.89. The molecule has 5 nitrogen and oxygen atoms in total. The molecule has 0 bridgehead atoms. The molecule has 3 rings (SSSR count). The minimum Gasteiger partial charge on any atom is -0.507 e. The average Bonchev–Trinajstić information content (AvgIpc) is 3.15. The van der Waals surface area contributed by atoms with Crippen LogP contribution in [0.1, 0.15) is 37.1 Å². The van der Waals surface area contributed by atoms with Crippen LogP contribution in [-0.2, 0) is 4.79 Å². The van der Waals surface area contributed by atoms with Gasteiger partial charge in [0, 0.05) is 18.4 Å². The van der Waals surface area contributed by atoms with Crippen molar-refractivity contribution in [3.8, 4) is 5.75 Å². The van der Waals surface area contributed by atoms with E-state index in [0.29, 0.717) is 29.9 Å². The lowest BCUT2D eigenvalue weighted by Gasteiger charge is -2.18. The lowest BCUT2D eigenvalue weighted by atomic mass is 10.0. The number of carbonyl (C=O) groups is 1. The first-order chi connectivity index (χ1) is 10.2. The molecule has 21 heavy (non-hydrogen) atoms. The molecule has 1 aromatic heterocycles. The van der Waals surface area contributed by atoms with Crippen LogP contribution in [-0.4, -0.2) is 21.7 Å². The van der Waals surface area contributed by atoms with E-state index in [2.05, 4.69) is 5.10 Å². The Morgan fingerprint density at radius 1 is 1.38 bits per heavy atom.